The van der Waals surface area contributed by atoms with Crippen LogP contribution < -0.4 is 5.73 Å². The summed E-state index contributed by atoms with van der Waals surface area (Å²) >= 11 is 13.0. The predicted molar refractivity (Wildman–Crippen MR) is 145 cm³/mol. The number of carbonyl (C=O) groups is 1. The number of fused-ring (bicyclic) bond motifs is 4. The number of aromatic nitrogens is 1. The normalized spacial score (nSPS) is 11.5. The van der Waals surface area contributed by atoms with Crippen LogP contribution in [0.25, 0.3) is 43.7 Å². The van der Waals surface area contributed by atoms with Crippen LogP contribution in [0.15, 0.2) is 91.0 Å². The zero-order valence-corrected chi connectivity index (χ0v) is 20.1. The molecule has 0 unspecified atom stereocenters. The van der Waals surface area contributed by atoms with Gasteiger partial charge in [-0.25, -0.2) is 0 Å². The predicted octanol–water partition coefficient (Wildman–Crippen LogP) is 7.87. The van der Waals surface area contributed by atoms with E-state index in [4.69, 9.17) is 28.9 Å². The molecule has 35 heavy (non-hydrogen) atoms. The van der Waals surface area contributed by atoms with Crippen molar-refractivity contribution in [3.8, 4) is 11.1 Å². The van der Waals surface area contributed by atoms with E-state index in [1.807, 2.05) is 48.5 Å². The highest BCUT2D eigenvalue weighted by Crippen LogP contribution is 2.39. The van der Waals surface area contributed by atoms with Gasteiger partial charge in [0.15, 0.2) is 0 Å². The number of rotatable bonds is 4. The molecule has 5 heteroatoms. The van der Waals surface area contributed by atoms with Crippen molar-refractivity contribution in [2.24, 2.45) is 5.73 Å². The van der Waals surface area contributed by atoms with Gasteiger partial charge >= 0.3 is 0 Å². The minimum Gasteiger partial charge on any atom is -0.366 e. The summed E-state index contributed by atoms with van der Waals surface area (Å²) in [6.07, 6.45) is 0. The summed E-state index contributed by atoms with van der Waals surface area (Å²) in [5.41, 5.74) is 10.8. The van der Waals surface area contributed by atoms with Crippen molar-refractivity contribution in [3.63, 3.8) is 0 Å². The maximum Gasteiger partial charge on any atom is 0.249 e. The van der Waals surface area contributed by atoms with Gasteiger partial charge in [-0.1, -0.05) is 71.7 Å². The lowest BCUT2D eigenvalue weighted by atomic mass is 10.0. The van der Waals surface area contributed by atoms with Crippen molar-refractivity contribution in [1.82, 2.24) is 4.57 Å². The van der Waals surface area contributed by atoms with Crippen LogP contribution in [0, 0.1) is 6.07 Å². The van der Waals surface area contributed by atoms with Crippen molar-refractivity contribution in [1.29, 1.82) is 0 Å². The minimum absolute atomic E-state index is 0.466. The van der Waals surface area contributed by atoms with Gasteiger partial charge in [0.1, 0.15) is 0 Å². The molecule has 6 aromatic rings. The molecule has 0 saturated heterocycles. The van der Waals surface area contributed by atoms with Gasteiger partial charge in [-0.2, -0.15) is 0 Å². The second kappa shape index (κ2) is 8.46. The summed E-state index contributed by atoms with van der Waals surface area (Å²) in [7, 11) is 0. The van der Waals surface area contributed by atoms with Gasteiger partial charge in [-0.05, 0) is 70.4 Å². The molecule has 0 aliphatic carbocycles. The molecule has 0 aliphatic rings. The Balaban J connectivity index is 1.63. The monoisotopic (exact) mass is 493 g/mol. The molecule has 0 fully saturated rings. The first-order valence-corrected chi connectivity index (χ1v) is 12.0. The van der Waals surface area contributed by atoms with Crippen molar-refractivity contribution in [2.75, 3.05) is 0 Å². The summed E-state index contributed by atoms with van der Waals surface area (Å²) in [4.78, 5) is 12.3. The Hall–Kier alpha value is -3.79. The largest absolute Gasteiger partial charge is 0.366 e. The maximum atomic E-state index is 12.3. The molecule has 0 spiro atoms. The Morgan fingerprint density at radius 3 is 2.34 bits per heavy atom. The number of halogens is 2. The fourth-order valence-corrected chi connectivity index (χ4v) is 5.48. The summed E-state index contributed by atoms with van der Waals surface area (Å²) in [5.74, 6) is -0.466. The van der Waals surface area contributed by atoms with Crippen molar-refractivity contribution < 1.29 is 4.79 Å². The number of amides is 1. The quantitative estimate of drug-likeness (QED) is 0.266. The summed E-state index contributed by atoms with van der Waals surface area (Å²) in [6, 6.07) is 33.2. The van der Waals surface area contributed by atoms with Gasteiger partial charge in [0.25, 0.3) is 0 Å². The van der Waals surface area contributed by atoms with E-state index < -0.39 is 5.91 Å². The average Bonchev–Trinajstić information content (AvgIpc) is 3.17. The number of hydrogen-bond acceptors (Lipinski definition) is 1. The molecular weight excluding hydrogens is 475 g/mol. The second-order valence-electron chi connectivity index (χ2n) is 8.58. The Bertz CT molecular complexity index is 1760. The highest BCUT2D eigenvalue weighted by molar-refractivity contribution is 6.39. The van der Waals surface area contributed by atoms with E-state index in [0.29, 0.717) is 22.2 Å². The maximum absolute atomic E-state index is 12.3. The Labute approximate surface area is 212 Å². The number of nitrogens with zero attached hydrogens (tertiary/aromatic N) is 1. The highest BCUT2D eigenvalue weighted by Gasteiger charge is 2.18. The molecule has 0 atom stereocenters. The second-order valence-corrected chi connectivity index (χ2v) is 9.39. The lowest BCUT2D eigenvalue weighted by Gasteiger charge is -2.11. The van der Waals surface area contributed by atoms with E-state index in [9.17, 15) is 4.79 Å². The number of benzene rings is 5. The lowest BCUT2D eigenvalue weighted by Crippen LogP contribution is -2.11. The molecule has 169 valence electrons. The summed E-state index contributed by atoms with van der Waals surface area (Å²) in [5, 5.41) is 5.15. The Morgan fingerprint density at radius 1 is 0.829 bits per heavy atom. The molecular formula is C30H19Cl2N2O. The van der Waals surface area contributed by atoms with E-state index in [2.05, 4.69) is 47.0 Å². The molecule has 1 aromatic heterocycles. The van der Waals surface area contributed by atoms with Crippen LogP contribution in [-0.2, 0) is 6.54 Å². The molecule has 0 aliphatic heterocycles. The first kappa shape index (κ1) is 21.7. The fourth-order valence-electron chi connectivity index (χ4n) is 4.87. The van der Waals surface area contributed by atoms with Gasteiger partial charge in [-0.3, -0.25) is 4.79 Å². The van der Waals surface area contributed by atoms with Gasteiger partial charge in [-0.15, -0.1) is 0 Å². The third-order valence-corrected chi connectivity index (χ3v) is 7.10. The van der Waals surface area contributed by atoms with E-state index >= 15 is 0 Å². The van der Waals surface area contributed by atoms with Crippen LogP contribution in [-0.4, -0.2) is 10.5 Å². The lowest BCUT2D eigenvalue weighted by molar-refractivity contribution is 0.100. The van der Waals surface area contributed by atoms with E-state index in [-0.39, 0.29) is 0 Å². The van der Waals surface area contributed by atoms with E-state index in [1.165, 1.54) is 10.8 Å². The van der Waals surface area contributed by atoms with Gasteiger partial charge in [0.05, 0.1) is 11.0 Å². The zero-order valence-electron chi connectivity index (χ0n) is 18.6. The molecule has 2 N–H and O–H groups in total. The number of primary amides is 1. The van der Waals surface area contributed by atoms with Gasteiger partial charge < -0.3 is 10.3 Å². The fraction of sp³-hybridized carbons (Fsp3) is 0.0333. The third kappa shape index (κ3) is 3.65. The number of carbonyl (C=O) groups excluding carboxylic acids is 1. The molecule has 0 saturated carbocycles. The minimum atomic E-state index is -0.466. The topological polar surface area (TPSA) is 48.0 Å². The Morgan fingerprint density at radius 2 is 1.57 bits per heavy atom. The zero-order chi connectivity index (χ0) is 24.1. The summed E-state index contributed by atoms with van der Waals surface area (Å²) in [6.45, 7) is 0.612. The first-order chi connectivity index (χ1) is 17.0. The first-order valence-electron chi connectivity index (χ1n) is 11.2. The molecule has 1 heterocycles. The molecule has 1 amide bonds. The number of hydrogen-bond donors (Lipinski definition) is 1. The number of nitrogens with two attached hydrogens (primary N) is 1. The standard InChI is InChI=1S/C30H19Cl2N2O/c31-24-8-4-9-25(32)28(24)21-13-14-22-27(16-21)34(26-10-3-7-23(29(22)26)30(33)35)17-18-11-12-19-5-1-2-6-20(19)15-18/h1-13,15-16H,17H2,(H2,33,35). The van der Waals surface area contributed by atoms with Crippen LogP contribution in [0.3, 0.4) is 0 Å². The molecule has 6 rings (SSSR count). The molecule has 0 bridgehead atoms. The van der Waals surface area contributed by atoms with E-state index in [1.54, 1.807) is 6.07 Å². The third-order valence-electron chi connectivity index (χ3n) is 6.47. The van der Waals surface area contributed by atoms with Crippen LogP contribution in [0.1, 0.15) is 15.9 Å². The molecule has 3 nitrogen and oxygen atoms in total. The SMILES string of the molecule is NC(=O)c1cccc2c1c1[c]cc(-c3c(Cl)cccc3Cl)cc1n2Cc1ccc2ccccc2c1. The van der Waals surface area contributed by atoms with Crippen molar-refractivity contribution in [3.05, 3.63) is 118 Å². The van der Waals surface area contributed by atoms with Crippen LogP contribution >= 0.6 is 23.2 Å². The van der Waals surface area contributed by atoms with Gasteiger partial charge in [0, 0.05) is 38.5 Å². The molecule has 5 aromatic carbocycles. The van der Waals surface area contributed by atoms with Crippen LogP contribution in [0.4, 0.5) is 0 Å². The Kier molecular flexibility index (Phi) is 5.25. The molecule has 1 radical (unpaired) electrons. The summed E-state index contributed by atoms with van der Waals surface area (Å²) < 4.78 is 2.20. The highest BCUT2D eigenvalue weighted by atomic mass is 35.5. The van der Waals surface area contributed by atoms with Crippen molar-refractivity contribution in [2.45, 2.75) is 6.54 Å². The van der Waals surface area contributed by atoms with Crippen LogP contribution in [0.2, 0.25) is 10.0 Å². The van der Waals surface area contributed by atoms with Crippen molar-refractivity contribution >= 4 is 61.7 Å². The van der Waals surface area contributed by atoms with Gasteiger partial charge in [0.2, 0.25) is 5.91 Å². The smallest absolute Gasteiger partial charge is 0.249 e. The van der Waals surface area contributed by atoms with Crippen LogP contribution in [0.5, 0.6) is 0 Å². The van der Waals surface area contributed by atoms with E-state index in [0.717, 1.165) is 38.5 Å². The average molecular weight is 494 g/mol.